The van der Waals surface area contributed by atoms with Crippen LogP contribution in [0, 0.1) is 13.8 Å². The summed E-state index contributed by atoms with van der Waals surface area (Å²) in [5, 5.41) is 7.30. The molecule has 256 valence electrons. The molecule has 1 aromatic heterocycles. The summed E-state index contributed by atoms with van der Waals surface area (Å²) in [7, 11) is 0. The number of hydrogen-bond acceptors (Lipinski definition) is 2. The zero-order chi connectivity index (χ0) is 36.2. The number of anilines is 3. The predicted octanol–water partition coefficient (Wildman–Crippen LogP) is 15.0. The first-order valence-corrected chi connectivity index (χ1v) is 18.6. The van der Waals surface area contributed by atoms with Crippen LogP contribution in [0.3, 0.4) is 0 Å². The number of nitrogens with zero attached hydrogens (tertiary/aromatic N) is 1. The normalized spacial score (nSPS) is 11.5. The number of hydrogen-bond donors (Lipinski definition) is 0. The van der Waals surface area contributed by atoms with Crippen LogP contribution in [0.15, 0.2) is 192 Å². The second-order valence-electron chi connectivity index (χ2n) is 14.4. The van der Waals surface area contributed by atoms with Gasteiger partial charge in [-0.05, 0) is 142 Å². The second-order valence-corrected chi connectivity index (χ2v) is 14.4. The van der Waals surface area contributed by atoms with Crippen LogP contribution in [0.1, 0.15) is 11.1 Å². The van der Waals surface area contributed by atoms with Gasteiger partial charge in [0.1, 0.15) is 11.2 Å². The molecule has 0 aliphatic rings. The van der Waals surface area contributed by atoms with Gasteiger partial charge in [0.2, 0.25) is 0 Å². The zero-order valence-corrected chi connectivity index (χ0v) is 30.3. The third-order valence-corrected chi connectivity index (χ3v) is 10.7. The Kier molecular flexibility index (Phi) is 7.63. The van der Waals surface area contributed by atoms with Gasteiger partial charge in [-0.2, -0.15) is 0 Å². The Labute approximate surface area is 315 Å². The van der Waals surface area contributed by atoms with Gasteiger partial charge in [-0.15, -0.1) is 0 Å². The van der Waals surface area contributed by atoms with Crippen molar-refractivity contribution in [3.05, 3.63) is 199 Å². The molecule has 0 fully saturated rings. The van der Waals surface area contributed by atoms with Crippen molar-refractivity contribution in [2.24, 2.45) is 0 Å². The first-order valence-electron chi connectivity index (χ1n) is 18.6. The summed E-state index contributed by atoms with van der Waals surface area (Å²) in [6.07, 6.45) is 0. The van der Waals surface area contributed by atoms with Gasteiger partial charge in [-0.25, -0.2) is 0 Å². The number of rotatable bonds is 6. The Hall–Kier alpha value is -6.90. The zero-order valence-electron chi connectivity index (χ0n) is 30.3. The second kappa shape index (κ2) is 12.9. The Morgan fingerprint density at radius 2 is 0.907 bits per heavy atom. The van der Waals surface area contributed by atoms with Gasteiger partial charge in [0.25, 0.3) is 0 Å². The molecular weight excluding hydrogens is 655 g/mol. The van der Waals surface area contributed by atoms with E-state index in [2.05, 4.69) is 207 Å². The highest BCUT2D eigenvalue weighted by Gasteiger charge is 2.17. The van der Waals surface area contributed by atoms with Crippen LogP contribution in [-0.2, 0) is 0 Å². The molecule has 0 radical (unpaired) electrons. The molecule has 0 unspecified atom stereocenters. The van der Waals surface area contributed by atoms with E-state index in [9.17, 15) is 0 Å². The van der Waals surface area contributed by atoms with Crippen LogP contribution in [0.25, 0.3) is 76.9 Å². The maximum absolute atomic E-state index is 6.51. The molecule has 2 heteroatoms. The number of benzene rings is 9. The number of furan rings is 1. The van der Waals surface area contributed by atoms with Crippen molar-refractivity contribution < 1.29 is 4.42 Å². The molecule has 0 saturated heterocycles. The van der Waals surface area contributed by atoms with Crippen LogP contribution in [0.5, 0.6) is 0 Å². The van der Waals surface area contributed by atoms with E-state index in [-0.39, 0.29) is 0 Å². The Bertz CT molecular complexity index is 3010. The summed E-state index contributed by atoms with van der Waals surface area (Å²) < 4.78 is 6.51. The molecule has 10 aromatic rings. The van der Waals surface area contributed by atoms with E-state index < -0.39 is 0 Å². The average molecular weight is 692 g/mol. The van der Waals surface area contributed by atoms with Crippen molar-refractivity contribution >= 4 is 60.5 Å². The third kappa shape index (κ3) is 5.70. The van der Waals surface area contributed by atoms with Crippen LogP contribution < -0.4 is 4.90 Å². The minimum atomic E-state index is 0.920. The smallest absolute Gasteiger partial charge is 0.143 e. The van der Waals surface area contributed by atoms with Gasteiger partial charge in [-0.1, -0.05) is 121 Å². The molecule has 2 nitrogen and oxygen atoms in total. The maximum Gasteiger partial charge on any atom is 0.143 e. The van der Waals surface area contributed by atoms with Crippen LogP contribution in [-0.4, -0.2) is 0 Å². The first kappa shape index (κ1) is 31.8. The molecule has 0 N–H and O–H groups in total. The van der Waals surface area contributed by atoms with Crippen molar-refractivity contribution in [3.8, 4) is 33.4 Å². The van der Waals surface area contributed by atoms with E-state index in [4.69, 9.17) is 4.42 Å². The summed E-state index contributed by atoms with van der Waals surface area (Å²) in [5.41, 5.74) is 14.6. The highest BCUT2D eigenvalue weighted by molar-refractivity contribution is 6.10. The van der Waals surface area contributed by atoms with Gasteiger partial charge in [0, 0.05) is 33.4 Å². The van der Waals surface area contributed by atoms with Crippen molar-refractivity contribution in [1.29, 1.82) is 0 Å². The highest BCUT2D eigenvalue weighted by atomic mass is 16.3. The highest BCUT2D eigenvalue weighted by Crippen LogP contribution is 2.41. The van der Waals surface area contributed by atoms with E-state index in [0.717, 1.165) is 50.1 Å². The fourth-order valence-corrected chi connectivity index (χ4v) is 7.95. The fraction of sp³-hybridized carbons (Fsp3) is 0.0385. The van der Waals surface area contributed by atoms with Crippen LogP contribution >= 0.6 is 0 Å². The lowest BCUT2D eigenvalue weighted by atomic mass is 9.98. The van der Waals surface area contributed by atoms with Crippen molar-refractivity contribution in [1.82, 2.24) is 0 Å². The Morgan fingerprint density at radius 3 is 1.57 bits per heavy atom. The lowest BCUT2D eigenvalue weighted by Gasteiger charge is -2.26. The number of fused-ring (bicyclic) bond motifs is 5. The van der Waals surface area contributed by atoms with Gasteiger partial charge in [-0.3, -0.25) is 0 Å². The lowest BCUT2D eigenvalue weighted by Crippen LogP contribution is -2.10. The molecule has 0 aliphatic carbocycles. The van der Waals surface area contributed by atoms with Gasteiger partial charge in [0.05, 0.1) is 0 Å². The van der Waals surface area contributed by atoms with E-state index in [1.165, 1.54) is 54.9 Å². The van der Waals surface area contributed by atoms with Crippen molar-refractivity contribution in [2.75, 3.05) is 4.90 Å². The molecule has 0 spiro atoms. The quantitative estimate of drug-likeness (QED) is 0.173. The molecule has 1 heterocycles. The largest absolute Gasteiger partial charge is 0.455 e. The Morgan fingerprint density at radius 1 is 0.352 bits per heavy atom. The molecule has 0 saturated carbocycles. The summed E-state index contributed by atoms with van der Waals surface area (Å²) in [6.45, 7) is 4.30. The van der Waals surface area contributed by atoms with E-state index in [1.807, 2.05) is 0 Å². The minimum absolute atomic E-state index is 0.920. The number of aryl methyl sites for hydroxylation is 2. The van der Waals surface area contributed by atoms with Crippen molar-refractivity contribution in [2.45, 2.75) is 13.8 Å². The molecule has 9 aromatic carbocycles. The van der Waals surface area contributed by atoms with E-state index in [1.54, 1.807) is 0 Å². The maximum atomic E-state index is 6.51. The lowest BCUT2D eigenvalue weighted by molar-refractivity contribution is 0.670. The van der Waals surface area contributed by atoms with Crippen molar-refractivity contribution in [3.63, 3.8) is 0 Å². The summed E-state index contributed by atoms with van der Waals surface area (Å²) in [5.74, 6) is 0. The van der Waals surface area contributed by atoms with Crippen LogP contribution in [0.4, 0.5) is 17.1 Å². The molecular formula is C52H37NO. The third-order valence-electron chi connectivity index (χ3n) is 10.7. The average Bonchev–Trinajstić information content (AvgIpc) is 3.58. The topological polar surface area (TPSA) is 16.4 Å². The molecule has 10 rings (SSSR count). The van der Waals surface area contributed by atoms with Gasteiger partial charge in [0.15, 0.2) is 0 Å². The summed E-state index contributed by atoms with van der Waals surface area (Å²) in [4.78, 5) is 2.36. The van der Waals surface area contributed by atoms with Gasteiger partial charge < -0.3 is 9.32 Å². The van der Waals surface area contributed by atoms with Crippen LogP contribution in [0.2, 0.25) is 0 Å². The molecule has 0 bridgehead atoms. The fourth-order valence-electron chi connectivity index (χ4n) is 7.95. The van der Waals surface area contributed by atoms with Gasteiger partial charge >= 0.3 is 0 Å². The standard InChI is InChI=1S/C52H37NO/c1-34-14-27-51-49(28-34)50-30-35(2)29-48(52(50)54-51)39-21-25-46(26-22-39)53(45-23-19-38(20-24-45)43-17-15-36-8-3-5-10-40(36)31-43)47-13-7-12-42(33-47)44-18-16-37-9-4-6-11-41(37)32-44/h3-33H,1-2H3. The van der Waals surface area contributed by atoms with E-state index >= 15 is 0 Å². The molecule has 0 atom stereocenters. The van der Waals surface area contributed by atoms with E-state index in [0.29, 0.717) is 0 Å². The molecule has 0 aliphatic heterocycles. The molecule has 0 amide bonds. The minimum Gasteiger partial charge on any atom is -0.455 e. The summed E-state index contributed by atoms with van der Waals surface area (Å²) >= 11 is 0. The predicted molar refractivity (Wildman–Crippen MR) is 229 cm³/mol. The molecule has 54 heavy (non-hydrogen) atoms. The Balaban J connectivity index is 1.07. The summed E-state index contributed by atoms with van der Waals surface area (Å²) in [6, 6.07) is 68.1. The monoisotopic (exact) mass is 691 g/mol. The SMILES string of the molecule is Cc1ccc2oc3c(-c4ccc(N(c5ccc(-c6ccc7ccccc7c6)cc5)c5cccc(-c6ccc7ccccc7c6)c5)cc4)cc(C)cc3c2c1. The first-order chi connectivity index (χ1) is 26.5.